The Morgan fingerprint density at radius 3 is 2.48 bits per heavy atom. The van der Waals surface area contributed by atoms with E-state index in [0.717, 1.165) is 32.7 Å². The number of anilines is 1. The van der Waals surface area contributed by atoms with Crippen molar-refractivity contribution < 1.29 is 9.21 Å². The highest BCUT2D eigenvalue weighted by Gasteiger charge is 2.15. The molecule has 0 saturated heterocycles. The largest absolute Gasteiger partial charge is 0.464 e. The number of thiophene rings is 1. The van der Waals surface area contributed by atoms with Gasteiger partial charge in [-0.25, -0.2) is 0 Å². The average Bonchev–Trinajstić information content (AvgIpc) is 3.01. The Hall–Kier alpha value is -2.07. The van der Waals surface area contributed by atoms with Gasteiger partial charge in [-0.3, -0.25) is 4.79 Å². The molecule has 23 heavy (non-hydrogen) atoms. The first-order chi connectivity index (χ1) is 10.9. The van der Waals surface area contributed by atoms with E-state index in [-0.39, 0.29) is 5.91 Å². The number of hydrogen-bond acceptors (Lipinski definition) is 3. The van der Waals surface area contributed by atoms with Crippen LogP contribution in [0.4, 0.5) is 5.00 Å². The summed E-state index contributed by atoms with van der Waals surface area (Å²) in [5.74, 6) is -0.00437. The number of aryl methyl sites for hydroxylation is 3. The summed E-state index contributed by atoms with van der Waals surface area (Å²) in [7, 11) is 0. The molecular weight excluding hydrogens is 306 g/mol. The van der Waals surface area contributed by atoms with E-state index in [9.17, 15) is 4.79 Å². The molecule has 3 aromatic rings. The van der Waals surface area contributed by atoms with E-state index in [1.54, 1.807) is 17.6 Å². The molecule has 0 saturated carbocycles. The van der Waals surface area contributed by atoms with Crippen molar-refractivity contribution in [2.24, 2.45) is 0 Å². The van der Waals surface area contributed by atoms with Crippen molar-refractivity contribution >= 4 is 33.2 Å². The molecule has 2 aromatic heterocycles. The summed E-state index contributed by atoms with van der Waals surface area (Å²) in [6.07, 6.45) is 2.03. The van der Waals surface area contributed by atoms with Crippen LogP contribution >= 0.6 is 11.3 Å². The van der Waals surface area contributed by atoms with Crippen LogP contribution in [-0.4, -0.2) is 5.91 Å². The summed E-state index contributed by atoms with van der Waals surface area (Å²) in [5, 5.41) is 5.01. The second-order valence-corrected chi connectivity index (χ2v) is 7.33. The molecule has 2 heterocycles. The van der Waals surface area contributed by atoms with E-state index in [1.165, 1.54) is 16.0 Å². The third kappa shape index (κ3) is 2.79. The maximum Gasteiger partial charge on any atom is 0.229 e. The third-order valence-corrected chi connectivity index (χ3v) is 5.86. The van der Waals surface area contributed by atoms with Crippen molar-refractivity contribution in [2.75, 3.05) is 5.32 Å². The lowest BCUT2D eigenvalue weighted by Crippen LogP contribution is -2.13. The van der Waals surface area contributed by atoms with Gasteiger partial charge in [0, 0.05) is 15.8 Å². The van der Waals surface area contributed by atoms with E-state index >= 15 is 0 Å². The fourth-order valence-corrected chi connectivity index (χ4v) is 3.81. The number of fused-ring (bicyclic) bond motifs is 1. The van der Waals surface area contributed by atoms with Gasteiger partial charge in [0.2, 0.25) is 5.91 Å². The molecule has 3 rings (SSSR count). The monoisotopic (exact) mass is 327 g/mol. The predicted octanol–water partition coefficient (Wildman–Crippen LogP) is 5.22. The maximum absolute atomic E-state index is 12.4. The van der Waals surface area contributed by atoms with Gasteiger partial charge in [0.1, 0.15) is 5.58 Å². The molecule has 0 spiro atoms. The Balaban J connectivity index is 1.83. The first-order valence-corrected chi connectivity index (χ1v) is 8.53. The molecule has 0 atom stereocenters. The Morgan fingerprint density at radius 1 is 1.09 bits per heavy atom. The molecule has 4 heteroatoms. The number of carbonyl (C=O) groups is 1. The summed E-state index contributed by atoms with van der Waals surface area (Å²) >= 11 is 1.63. The van der Waals surface area contributed by atoms with Gasteiger partial charge in [-0.15, -0.1) is 11.3 Å². The second kappa shape index (κ2) is 5.85. The van der Waals surface area contributed by atoms with Crippen molar-refractivity contribution in [3.63, 3.8) is 0 Å². The molecule has 120 valence electrons. The Bertz CT molecular complexity index is 902. The minimum atomic E-state index is -0.00437. The average molecular weight is 327 g/mol. The SMILES string of the molecule is Cc1ccc2c(CC(=O)Nc3sc(C)c(C)c3C)coc2c1C. The molecule has 0 aliphatic carbocycles. The van der Waals surface area contributed by atoms with Crippen LogP contribution in [0.15, 0.2) is 22.8 Å². The van der Waals surface area contributed by atoms with E-state index < -0.39 is 0 Å². The molecule has 0 bridgehead atoms. The number of rotatable bonds is 3. The zero-order chi connectivity index (χ0) is 16.7. The van der Waals surface area contributed by atoms with Gasteiger partial charge in [0.05, 0.1) is 17.7 Å². The van der Waals surface area contributed by atoms with Crippen LogP contribution in [0.1, 0.15) is 32.7 Å². The third-order valence-electron chi connectivity index (χ3n) is 4.63. The molecule has 1 amide bonds. The molecule has 3 nitrogen and oxygen atoms in total. The Kier molecular flexibility index (Phi) is 4.02. The standard InChI is InChI=1S/C19H21NO2S/c1-10-6-7-16-15(9-22-18(16)11(10)2)8-17(21)20-19-13(4)12(3)14(5)23-19/h6-7,9H,8H2,1-5H3,(H,20,21). The minimum Gasteiger partial charge on any atom is -0.464 e. The summed E-state index contributed by atoms with van der Waals surface area (Å²) < 4.78 is 5.68. The highest BCUT2D eigenvalue weighted by Crippen LogP contribution is 2.32. The number of hydrogen-bond donors (Lipinski definition) is 1. The quantitative estimate of drug-likeness (QED) is 0.717. The topological polar surface area (TPSA) is 42.2 Å². The number of amides is 1. The fraction of sp³-hybridized carbons (Fsp3) is 0.316. The zero-order valence-corrected chi connectivity index (χ0v) is 15.0. The minimum absolute atomic E-state index is 0.00437. The highest BCUT2D eigenvalue weighted by atomic mass is 32.1. The molecule has 0 unspecified atom stereocenters. The molecule has 0 fully saturated rings. The van der Waals surface area contributed by atoms with Crippen LogP contribution in [0.3, 0.4) is 0 Å². The first kappa shape index (κ1) is 15.8. The van der Waals surface area contributed by atoms with Gasteiger partial charge >= 0.3 is 0 Å². The van der Waals surface area contributed by atoms with Gasteiger partial charge in [0.25, 0.3) is 0 Å². The first-order valence-electron chi connectivity index (χ1n) is 7.71. The second-order valence-electron chi connectivity index (χ2n) is 6.11. The number of carbonyl (C=O) groups excluding carboxylic acids is 1. The van der Waals surface area contributed by atoms with Gasteiger partial charge in [-0.05, 0) is 56.9 Å². The number of furan rings is 1. The van der Waals surface area contributed by atoms with Gasteiger partial charge in [-0.1, -0.05) is 12.1 Å². The van der Waals surface area contributed by atoms with E-state index in [1.807, 2.05) is 19.9 Å². The normalized spacial score (nSPS) is 11.2. The molecule has 1 aromatic carbocycles. The number of benzene rings is 1. The van der Waals surface area contributed by atoms with Crippen LogP contribution in [-0.2, 0) is 11.2 Å². The van der Waals surface area contributed by atoms with E-state index in [2.05, 4.69) is 32.2 Å². The molecule has 0 aliphatic heterocycles. The fourth-order valence-electron chi connectivity index (χ4n) is 2.73. The van der Waals surface area contributed by atoms with Gasteiger partial charge in [-0.2, -0.15) is 0 Å². The highest BCUT2D eigenvalue weighted by molar-refractivity contribution is 7.16. The molecule has 0 radical (unpaired) electrons. The summed E-state index contributed by atoms with van der Waals surface area (Å²) in [6.45, 7) is 10.3. The molecule has 1 N–H and O–H groups in total. The summed E-state index contributed by atoms with van der Waals surface area (Å²) in [6, 6.07) is 4.11. The van der Waals surface area contributed by atoms with Gasteiger partial charge in [0.15, 0.2) is 0 Å². The smallest absolute Gasteiger partial charge is 0.229 e. The number of nitrogens with one attached hydrogen (secondary N) is 1. The summed E-state index contributed by atoms with van der Waals surface area (Å²) in [4.78, 5) is 13.6. The van der Waals surface area contributed by atoms with Crippen LogP contribution < -0.4 is 5.32 Å². The van der Waals surface area contributed by atoms with Gasteiger partial charge < -0.3 is 9.73 Å². The van der Waals surface area contributed by atoms with E-state index in [4.69, 9.17) is 4.42 Å². The maximum atomic E-state index is 12.4. The van der Waals surface area contributed by atoms with Crippen LogP contribution in [0.2, 0.25) is 0 Å². The lowest BCUT2D eigenvalue weighted by Gasteiger charge is -2.04. The van der Waals surface area contributed by atoms with Crippen molar-refractivity contribution in [1.82, 2.24) is 0 Å². The zero-order valence-electron chi connectivity index (χ0n) is 14.2. The lowest BCUT2D eigenvalue weighted by molar-refractivity contribution is -0.115. The van der Waals surface area contributed by atoms with Crippen molar-refractivity contribution in [1.29, 1.82) is 0 Å². The Morgan fingerprint density at radius 2 is 1.83 bits per heavy atom. The molecule has 0 aliphatic rings. The van der Waals surface area contributed by atoms with Crippen LogP contribution in [0.5, 0.6) is 0 Å². The van der Waals surface area contributed by atoms with Crippen LogP contribution in [0, 0.1) is 34.6 Å². The van der Waals surface area contributed by atoms with E-state index in [0.29, 0.717) is 6.42 Å². The van der Waals surface area contributed by atoms with Crippen molar-refractivity contribution in [3.05, 3.63) is 51.1 Å². The molecular formula is C19H21NO2S. The van der Waals surface area contributed by atoms with Crippen LogP contribution in [0.25, 0.3) is 11.0 Å². The Labute approximate surface area is 140 Å². The van der Waals surface area contributed by atoms with Crippen molar-refractivity contribution in [2.45, 2.75) is 41.0 Å². The van der Waals surface area contributed by atoms with Crippen molar-refractivity contribution in [3.8, 4) is 0 Å². The predicted molar refractivity (Wildman–Crippen MR) is 96.6 cm³/mol. The lowest BCUT2D eigenvalue weighted by atomic mass is 10.0. The summed E-state index contributed by atoms with van der Waals surface area (Å²) in [5.41, 5.74) is 6.56.